The summed E-state index contributed by atoms with van der Waals surface area (Å²) in [6, 6.07) is 12.1. The van der Waals surface area contributed by atoms with Crippen molar-refractivity contribution < 1.29 is 32.2 Å². The molecule has 0 radical (unpaired) electrons. The number of nitrogens with zero attached hydrogens (tertiary/aromatic N) is 3. The van der Waals surface area contributed by atoms with Crippen LogP contribution < -0.4 is 11.3 Å². The molecule has 42 heavy (non-hydrogen) atoms. The molecule has 1 unspecified atom stereocenters. The van der Waals surface area contributed by atoms with Gasteiger partial charge in [0.25, 0.3) is 11.5 Å². The van der Waals surface area contributed by atoms with Gasteiger partial charge >= 0.3 is 7.60 Å². The van der Waals surface area contributed by atoms with Crippen LogP contribution in [0, 0.1) is 19.7 Å². The summed E-state index contributed by atoms with van der Waals surface area (Å²) in [7, 11) is -3.89. The van der Waals surface area contributed by atoms with Crippen LogP contribution in [0.25, 0.3) is 16.9 Å². The number of anilines is 1. The first-order valence-electron chi connectivity index (χ1n) is 12.9. The third-order valence-electron chi connectivity index (χ3n) is 6.30. The molecule has 1 aliphatic rings. The molecule has 0 amide bonds. The predicted molar refractivity (Wildman–Crippen MR) is 152 cm³/mol. The Labute approximate surface area is 240 Å². The van der Waals surface area contributed by atoms with E-state index in [1.165, 1.54) is 12.4 Å². The molecule has 3 N–H and O–H groups in total. The maximum absolute atomic E-state index is 14.2. The first-order chi connectivity index (χ1) is 20.1. The minimum Gasteiger partial charge on any atom is -0.424 e. The van der Waals surface area contributed by atoms with E-state index in [0.29, 0.717) is 16.8 Å². The van der Waals surface area contributed by atoms with E-state index in [-0.39, 0.29) is 55.3 Å². The lowest BCUT2D eigenvalue weighted by Crippen LogP contribution is -2.13. The fourth-order valence-corrected chi connectivity index (χ4v) is 5.26. The van der Waals surface area contributed by atoms with Gasteiger partial charge in [-0.15, -0.1) is 0 Å². The summed E-state index contributed by atoms with van der Waals surface area (Å²) in [6.45, 7) is 7.23. The van der Waals surface area contributed by atoms with Crippen molar-refractivity contribution in [2.24, 2.45) is 0 Å². The number of imidazole rings is 1. The van der Waals surface area contributed by atoms with Gasteiger partial charge in [-0.1, -0.05) is 42.0 Å². The van der Waals surface area contributed by atoms with E-state index in [0.717, 1.165) is 11.1 Å². The smallest absolute Gasteiger partial charge is 0.356 e. The molecule has 1 atom stereocenters. The van der Waals surface area contributed by atoms with Gasteiger partial charge in [0.05, 0.1) is 19.5 Å². The van der Waals surface area contributed by atoms with Crippen LogP contribution in [-0.4, -0.2) is 39.1 Å². The maximum Gasteiger partial charge on any atom is 0.356 e. The van der Waals surface area contributed by atoms with Crippen LogP contribution in [-0.2, 0) is 41.0 Å². The van der Waals surface area contributed by atoms with Gasteiger partial charge in [-0.3, -0.25) is 18.9 Å². The zero-order valence-electron chi connectivity index (χ0n) is 23.0. The van der Waals surface area contributed by atoms with Gasteiger partial charge in [0, 0.05) is 12.1 Å². The molecule has 14 heteroatoms. The predicted octanol–water partition coefficient (Wildman–Crippen LogP) is 4.75. The molecule has 220 valence electrons. The minimum atomic E-state index is -3.89. The van der Waals surface area contributed by atoms with E-state index in [2.05, 4.69) is 21.5 Å². The number of aryl methyl sites for hydroxylation is 2. The van der Waals surface area contributed by atoms with E-state index in [1.54, 1.807) is 23.6 Å². The molecule has 2 aromatic carbocycles. The van der Waals surface area contributed by atoms with Crippen LogP contribution in [0.2, 0.25) is 0 Å². The normalized spacial score (nSPS) is 14.7. The number of hydrogen-bond acceptors (Lipinski definition) is 10. The van der Waals surface area contributed by atoms with Gasteiger partial charge in [0.1, 0.15) is 18.8 Å². The third kappa shape index (κ3) is 6.77. The Kier molecular flexibility index (Phi) is 8.55. The average molecular weight is 598 g/mol. The second-order valence-corrected chi connectivity index (χ2v) is 11.5. The Hall–Kier alpha value is -4.29. The Morgan fingerprint density at radius 3 is 2.64 bits per heavy atom. The van der Waals surface area contributed by atoms with Crippen LogP contribution in [0.15, 0.2) is 71.9 Å². The van der Waals surface area contributed by atoms with E-state index < -0.39 is 25.3 Å². The molecule has 0 aliphatic carbocycles. The lowest BCUT2D eigenvalue weighted by atomic mass is 10.1. The van der Waals surface area contributed by atoms with Crippen molar-refractivity contribution in [1.82, 2.24) is 19.5 Å². The zero-order chi connectivity index (χ0) is 29.9. The summed E-state index contributed by atoms with van der Waals surface area (Å²) < 4.78 is 58.0. The summed E-state index contributed by atoms with van der Waals surface area (Å²) in [5.74, 6) is -0.146. The third-order valence-corrected chi connectivity index (χ3v) is 7.84. The number of aromatic nitrogens is 4. The summed E-state index contributed by atoms with van der Waals surface area (Å²) in [6.07, 6.45) is 1.04. The Bertz CT molecular complexity index is 1770. The largest absolute Gasteiger partial charge is 0.424 e. The maximum atomic E-state index is 14.2. The fourth-order valence-electron chi connectivity index (χ4n) is 4.02. The number of nitrogens with one attached hydrogen (secondary N) is 1. The highest BCUT2D eigenvalue weighted by Crippen LogP contribution is 2.50. The highest BCUT2D eigenvalue weighted by Gasteiger charge is 2.30. The number of hydrogen-bond donors (Lipinski definition) is 2. The number of fused-ring (bicyclic) bond motifs is 1. The molecule has 0 fully saturated rings. The number of aromatic amines is 1. The van der Waals surface area contributed by atoms with Gasteiger partial charge in [0.2, 0.25) is 5.95 Å². The summed E-state index contributed by atoms with van der Waals surface area (Å²) >= 11 is 0. The molecular weight excluding hydrogens is 568 g/mol. The highest BCUT2D eigenvalue weighted by atomic mass is 31.2. The lowest BCUT2D eigenvalue weighted by Gasteiger charge is -2.19. The fraction of sp³-hybridized carbons (Fsp3) is 0.250. The van der Waals surface area contributed by atoms with Crippen LogP contribution >= 0.6 is 7.60 Å². The average Bonchev–Trinajstić information content (AvgIpc) is 3.54. The molecule has 4 aromatic rings. The molecule has 0 saturated heterocycles. The Balaban J connectivity index is 1.29. The number of rotatable bonds is 12. The van der Waals surface area contributed by atoms with Crippen LogP contribution in [0.1, 0.15) is 22.3 Å². The first kappa shape index (κ1) is 29.2. The number of H-pyrrole nitrogens is 1. The van der Waals surface area contributed by atoms with Gasteiger partial charge in [0.15, 0.2) is 22.7 Å². The van der Waals surface area contributed by atoms with E-state index >= 15 is 0 Å². The van der Waals surface area contributed by atoms with Gasteiger partial charge in [-0.25, -0.2) is 9.37 Å². The molecule has 2 aromatic heterocycles. The first-order valence-corrected chi connectivity index (χ1v) is 14.6. The number of benzene rings is 2. The summed E-state index contributed by atoms with van der Waals surface area (Å²) in [5, 5.41) is 0. The van der Waals surface area contributed by atoms with Crippen molar-refractivity contribution in [3.63, 3.8) is 0 Å². The second kappa shape index (κ2) is 12.3. The monoisotopic (exact) mass is 597 g/mol. The lowest BCUT2D eigenvalue weighted by molar-refractivity contribution is 0.115. The van der Waals surface area contributed by atoms with Crippen molar-refractivity contribution in [3.8, 4) is 0 Å². The number of ether oxygens (including phenoxy) is 3. The SMILES string of the molecule is C=C1OC(COP(=O)(COCCn2cnc3c(=O)[nH]c(N)nc32)OCc2ccc(C)cc2)=C(c2ccc(C)c(F)c2)O1. The molecule has 3 heterocycles. The molecule has 1 aliphatic heterocycles. The quantitative estimate of drug-likeness (QED) is 0.173. The zero-order valence-corrected chi connectivity index (χ0v) is 23.9. The molecular formula is C28H29FN5O7P. The van der Waals surface area contributed by atoms with E-state index in [9.17, 15) is 13.8 Å². The van der Waals surface area contributed by atoms with Crippen LogP contribution in [0.4, 0.5) is 10.3 Å². The Morgan fingerprint density at radius 2 is 1.88 bits per heavy atom. The van der Waals surface area contributed by atoms with Gasteiger partial charge in [-0.2, -0.15) is 4.98 Å². The molecule has 0 bridgehead atoms. The molecule has 0 saturated carbocycles. The van der Waals surface area contributed by atoms with Crippen molar-refractivity contribution in [2.45, 2.75) is 27.0 Å². The number of nitrogens with two attached hydrogens (primary N) is 1. The van der Waals surface area contributed by atoms with E-state index in [4.69, 9.17) is 29.0 Å². The standard InChI is InChI=1S/C28H29FN5O7P/c1-17-4-7-20(8-5-17)13-38-42(36,16-37-11-10-34-15-31-24-26(34)32-28(30)33-27(24)35)39-14-23-25(41-19(3)40-23)21-9-6-18(2)22(29)12-21/h4-9,12,15H,3,10-11,13-14,16H2,1-2H3,(H3,30,32,33,35). The van der Waals surface area contributed by atoms with E-state index in [1.807, 2.05) is 31.2 Å². The van der Waals surface area contributed by atoms with Crippen LogP contribution in [0.5, 0.6) is 0 Å². The van der Waals surface area contributed by atoms with Crippen molar-refractivity contribution in [3.05, 3.63) is 106 Å². The second-order valence-electron chi connectivity index (χ2n) is 9.53. The summed E-state index contributed by atoms with van der Waals surface area (Å²) in [5.41, 5.74) is 8.35. The van der Waals surface area contributed by atoms with Gasteiger partial charge < -0.3 is 29.0 Å². The Morgan fingerprint density at radius 1 is 1.12 bits per heavy atom. The summed E-state index contributed by atoms with van der Waals surface area (Å²) in [4.78, 5) is 22.6. The molecule has 0 spiro atoms. The van der Waals surface area contributed by atoms with Crippen molar-refractivity contribution in [2.75, 3.05) is 25.3 Å². The van der Waals surface area contributed by atoms with Crippen molar-refractivity contribution in [1.29, 1.82) is 0 Å². The van der Waals surface area contributed by atoms with Crippen LogP contribution in [0.3, 0.4) is 0 Å². The van der Waals surface area contributed by atoms with Crippen molar-refractivity contribution >= 4 is 30.5 Å². The highest BCUT2D eigenvalue weighted by molar-refractivity contribution is 7.53. The topological polar surface area (TPSA) is 153 Å². The minimum absolute atomic E-state index is 0.00179. The number of halogens is 1. The van der Waals surface area contributed by atoms with Gasteiger partial charge in [-0.05, 0) is 37.6 Å². The molecule has 5 rings (SSSR count). The molecule has 12 nitrogen and oxygen atoms in total. The number of nitrogen functional groups attached to an aromatic ring is 1.